The summed E-state index contributed by atoms with van der Waals surface area (Å²) < 4.78 is 0. The summed E-state index contributed by atoms with van der Waals surface area (Å²) in [5, 5.41) is 33.2. The molecule has 4 rings (SSSR count). The van der Waals surface area contributed by atoms with Gasteiger partial charge in [0.25, 0.3) is 0 Å². The lowest BCUT2D eigenvalue weighted by Crippen LogP contribution is -2.64. The first-order valence-electron chi connectivity index (χ1n) is 9.01. The molecule has 132 valence electrons. The van der Waals surface area contributed by atoms with Crippen LogP contribution in [0.3, 0.4) is 0 Å². The summed E-state index contributed by atoms with van der Waals surface area (Å²) in [5.74, 6) is 0.240. The number of hydrogen-bond donors (Lipinski definition) is 3. The summed E-state index contributed by atoms with van der Waals surface area (Å²) >= 11 is 0. The van der Waals surface area contributed by atoms with Gasteiger partial charge in [0.1, 0.15) is 17.8 Å². The Morgan fingerprint density at radius 2 is 1.71 bits per heavy atom. The van der Waals surface area contributed by atoms with Crippen LogP contribution in [-0.4, -0.2) is 38.9 Å². The molecule has 4 nitrogen and oxygen atoms in total. The molecular weight excluding hydrogens is 304 g/mol. The number of aliphatic hydroxyl groups excluding tert-OH is 2. The smallest absolute Gasteiger partial charge is 0.153 e. The molecule has 0 aromatic rings. The molecule has 2 saturated carbocycles. The second-order valence-corrected chi connectivity index (χ2v) is 9.28. The van der Waals surface area contributed by atoms with Crippen molar-refractivity contribution >= 4 is 5.78 Å². The summed E-state index contributed by atoms with van der Waals surface area (Å²) in [5.41, 5.74) is -1.80. The van der Waals surface area contributed by atoms with Crippen LogP contribution in [0.25, 0.3) is 0 Å². The Bertz CT molecular complexity index is 690. The summed E-state index contributed by atoms with van der Waals surface area (Å²) in [6.07, 6.45) is 2.01. The van der Waals surface area contributed by atoms with Crippen LogP contribution in [0, 0.1) is 34.5 Å². The van der Waals surface area contributed by atoms with Gasteiger partial charge in [-0.3, -0.25) is 4.79 Å². The molecular formula is C20H28O4. The van der Waals surface area contributed by atoms with Crippen LogP contribution in [0.15, 0.2) is 23.3 Å². The zero-order chi connectivity index (χ0) is 17.8. The van der Waals surface area contributed by atoms with Gasteiger partial charge in [0.2, 0.25) is 0 Å². The predicted molar refractivity (Wildman–Crippen MR) is 89.9 cm³/mol. The van der Waals surface area contributed by atoms with E-state index in [-0.39, 0.29) is 29.0 Å². The number of Topliss-reactive ketones (excluding diaryl/α,β-unsaturated/α-hetero) is 1. The van der Waals surface area contributed by atoms with Crippen molar-refractivity contribution in [1.29, 1.82) is 0 Å². The third kappa shape index (κ3) is 1.50. The fourth-order valence-electron chi connectivity index (χ4n) is 6.41. The number of carbonyl (C=O) groups is 1. The highest BCUT2D eigenvalue weighted by molar-refractivity contribution is 5.95. The number of aliphatic hydroxyl groups is 3. The van der Waals surface area contributed by atoms with E-state index in [0.29, 0.717) is 17.1 Å². The highest BCUT2D eigenvalue weighted by Crippen LogP contribution is 2.71. The van der Waals surface area contributed by atoms with Gasteiger partial charge in [-0.05, 0) is 54.6 Å². The maximum Gasteiger partial charge on any atom is 0.153 e. The lowest BCUT2D eigenvalue weighted by atomic mass is 9.59. The third-order valence-corrected chi connectivity index (χ3v) is 7.88. The van der Waals surface area contributed by atoms with Crippen molar-refractivity contribution in [3.63, 3.8) is 0 Å². The van der Waals surface area contributed by atoms with Gasteiger partial charge in [0.05, 0.1) is 5.41 Å². The minimum atomic E-state index is -1.87. The molecule has 1 unspecified atom stereocenters. The maximum atomic E-state index is 13.7. The zero-order valence-corrected chi connectivity index (χ0v) is 15.1. The van der Waals surface area contributed by atoms with Crippen LogP contribution in [0.2, 0.25) is 0 Å². The standard InChI is InChI=1S/C20H28O4/c1-9-6-12-14-13(18(14,4)5)7-11(3)19(17(12)23)8-10(2)16(22)20(19,24)15(9)21/h6,8,11-16,21-22,24H,7H2,1-5H3/t11-,12+,13-,14+,15-,16+,19?,20+/m1/s1. The molecule has 4 aliphatic carbocycles. The van der Waals surface area contributed by atoms with E-state index in [1.54, 1.807) is 19.9 Å². The molecule has 4 heteroatoms. The Morgan fingerprint density at radius 3 is 2.33 bits per heavy atom. The molecule has 0 aromatic carbocycles. The normalized spacial score (nSPS) is 54.9. The van der Waals surface area contributed by atoms with Crippen LogP contribution in [0.4, 0.5) is 0 Å². The summed E-state index contributed by atoms with van der Waals surface area (Å²) in [6.45, 7) is 9.91. The molecule has 0 saturated heterocycles. The van der Waals surface area contributed by atoms with Crippen molar-refractivity contribution in [1.82, 2.24) is 0 Å². The number of carbonyl (C=O) groups excluding carboxylic acids is 1. The predicted octanol–water partition coefficient (Wildman–Crippen LogP) is 1.84. The minimum absolute atomic E-state index is 0.0256. The van der Waals surface area contributed by atoms with Gasteiger partial charge in [-0.15, -0.1) is 0 Å². The topological polar surface area (TPSA) is 77.8 Å². The molecule has 4 aliphatic rings. The molecule has 1 spiro atoms. The van der Waals surface area contributed by atoms with E-state index in [0.717, 1.165) is 6.42 Å². The van der Waals surface area contributed by atoms with Crippen molar-refractivity contribution in [2.75, 3.05) is 0 Å². The van der Waals surface area contributed by atoms with Crippen molar-refractivity contribution in [3.05, 3.63) is 23.3 Å². The van der Waals surface area contributed by atoms with Crippen molar-refractivity contribution in [3.8, 4) is 0 Å². The van der Waals surface area contributed by atoms with Crippen molar-refractivity contribution in [2.24, 2.45) is 34.5 Å². The molecule has 2 bridgehead atoms. The third-order valence-electron chi connectivity index (χ3n) is 7.88. The second kappa shape index (κ2) is 4.40. The number of hydrogen-bond acceptors (Lipinski definition) is 4. The van der Waals surface area contributed by atoms with Gasteiger partial charge >= 0.3 is 0 Å². The number of fused-ring (bicyclic) bond motifs is 3. The maximum absolute atomic E-state index is 13.7. The lowest BCUT2D eigenvalue weighted by Gasteiger charge is -2.48. The van der Waals surface area contributed by atoms with Gasteiger partial charge < -0.3 is 15.3 Å². The fourth-order valence-corrected chi connectivity index (χ4v) is 6.41. The van der Waals surface area contributed by atoms with Gasteiger partial charge in [-0.2, -0.15) is 0 Å². The molecule has 0 heterocycles. The van der Waals surface area contributed by atoms with Crippen molar-refractivity contribution < 1.29 is 20.1 Å². The van der Waals surface area contributed by atoms with E-state index in [2.05, 4.69) is 13.8 Å². The number of allylic oxidation sites excluding steroid dienone is 1. The molecule has 0 radical (unpaired) electrons. The minimum Gasteiger partial charge on any atom is -0.386 e. The first kappa shape index (κ1) is 16.5. The number of rotatable bonds is 0. The average Bonchev–Trinajstić information content (AvgIpc) is 3.01. The molecule has 0 aliphatic heterocycles. The highest BCUT2D eigenvalue weighted by atomic mass is 16.4. The number of ketones is 1. The average molecular weight is 332 g/mol. The molecule has 8 atom stereocenters. The van der Waals surface area contributed by atoms with Crippen LogP contribution in [0.5, 0.6) is 0 Å². The van der Waals surface area contributed by atoms with E-state index < -0.39 is 23.2 Å². The molecule has 3 N–H and O–H groups in total. The van der Waals surface area contributed by atoms with E-state index in [1.807, 2.05) is 13.0 Å². The molecule has 24 heavy (non-hydrogen) atoms. The van der Waals surface area contributed by atoms with Crippen molar-refractivity contribution in [2.45, 2.75) is 58.8 Å². The van der Waals surface area contributed by atoms with E-state index >= 15 is 0 Å². The van der Waals surface area contributed by atoms with E-state index in [1.165, 1.54) is 0 Å². The zero-order valence-electron chi connectivity index (χ0n) is 15.1. The Labute approximate surface area is 143 Å². The molecule has 0 aromatic heterocycles. The van der Waals surface area contributed by atoms with Gasteiger partial charge in [-0.1, -0.05) is 32.9 Å². The SMILES string of the molecule is CC1=C[C@@H]2C(=O)C3(C=C(C)[C@H](O)[C@@]3(O)[C@@H]1O)[C@H](C)C[C@@H]1[C@H]2C1(C)C. The Hall–Kier alpha value is -0.970. The Balaban J connectivity index is 1.99. The summed E-state index contributed by atoms with van der Waals surface area (Å²) in [7, 11) is 0. The summed E-state index contributed by atoms with van der Waals surface area (Å²) in [6, 6.07) is 0. The highest BCUT2D eigenvalue weighted by Gasteiger charge is 2.75. The van der Waals surface area contributed by atoms with Gasteiger partial charge in [0.15, 0.2) is 5.78 Å². The van der Waals surface area contributed by atoms with Gasteiger partial charge in [-0.25, -0.2) is 0 Å². The first-order valence-corrected chi connectivity index (χ1v) is 9.01. The summed E-state index contributed by atoms with van der Waals surface area (Å²) in [4.78, 5) is 13.7. The Kier molecular flexibility index (Phi) is 3.03. The lowest BCUT2D eigenvalue weighted by molar-refractivity contribution is -0.189. The molecule has 0 amide bonds. The molecule has 2 fully saturated rings. The van der Waals surface area contributed by atoms with E-state index in [4.69, 9.17) is 0 Å². The van der Waals surface area contributed by atoms with Gasteiger partial charge in [0, 0.05) is 5.92 Å². The van der Waals surface area contributed by atoms with Crippen LogP contribution >= 0.6 is 0 Å². The first-order chi connectivity index (χ1) is 11.0. The quantitative estimate of drug-likeness (QED) is 0.592. The fraction of sp³-hybridized carbons (Fsp3) is 0.750. The monoisotopic (exact) mass is 332 g/mol. The largest absolute Gasteiger partial charge is 0.386 e. The second-order valence-electron chi connectivity index (χ2n) is 9.28. The van der Waals surface area contributed by atoms with Crippen LogP contribution < -0.4 is 0 Å². The van der Waals surface area contributed by atoms with Crippen LogP contribution in [-0.2, 0) is 4.79 Å². The van der Waals surface area contributed by atoms with Crippen LogP contribution in [0.1, 0.15) is 41.0 Å². The Morgan fingerprint density at radius 1 is 1.12 bits per heavy atom. The van der Waals surface area contributed by atoms with E-state index in [9.17, 15) is 20.1 Å².